The molecule has 1 aromatic carbocycles. The SMILES string of the molecule is COc1cc(N2C(=O)C3CCCC(OC(=O)OCC(F)(F)F)N3C2=S)c(F)cc1Cl. The minimum absolute atomic E-state index is 0.0114. The van der Waals surface area contributed by atoms with Crippen molar-refractivity contribution in [3.63, 3.8) is 0 Å². The van der Waals surface area contributed by atoms with E-state index < -0.39 is 42.9 Å². The first kappa shape index (κ1) is 22.3. The molecule has 0 saturated carbocycles. The minimum Gasteiger partial charge on any atom is -0.495 e. The maximum Gasteiger partial charge on any atom is 0.510 e. The molecule has 0 aliphatic carbocycles. The second-order valence-electron chi connectivity index (χ2n) is 6.47. The lowest BCUT2D eigenvalue weighted by Gasteiger charge is -2.35. The number of carbonyl (C=O) groups excluding carboxylic acids is 2. The number of fused-ring (bicyclic) bond motifs is 1. The summed E-state index contributed by atoms with van der Waals surface area (Å²) in [6.45, 7) is -1.81. The van der Waals surface area contributed by atoms with Crippen LogP contribution in [0, 0.1) is 5.82 Å². The van der Waals surface area contributed by atoms with Crippen LogP contribution in [-0.2, 0) is 14.3 Å². The molecule has 30 heavy (non-hydrogen) atoms. The van der Waals surface area contributed by atoms with Crippen LogP contribution in [0.1, 0.15) is 19.3 Å². The third kappa shape index (κ3) is 4.38. The van der Waals surface area contributed by atoms with Gasteiger partial charge in [0.25, 0.3) is 5.91 Å². The highest BCUT2D eigenvalue weighted by atomic mass is 35.5. The van der Waals surface area contributed by atoms with Gasteiger partial charge in [-0.1, -0.05) is 11.6 Å². The van der Waals surface area contributed by atoms with Gasteiger partial charge in [-0.15, -0.1) is 0 Å². The predicted octanol–water partition coefficient (Wildman–Crippen LogP) is 4.02. The molecule has 2 atom stereocenters. The van der Waals surface area contributed by atoms with Crippen molar-refractivity contribution in [3.05, 3.63) is 23.0 Å². The number of ether oxygens (including phenoxy) is 3. The Hall–Kier alpha value is -2.34. The molecule has 1 amide bonds. The van der Waals surface area contributed by atoms with Gasteiger partial charge in [0.2, 0.25) is 0 Å². The summed E-state index contributed by atoms with van der Waals surface area (Å²) in [5.74, 6) is -1.30. The van der Waals surface area contributed by atoms with E-state index in [4.69, 9.17) is 33.3 Å². The van der Waals surface area contributed by atoms with Gasteiger partial charge >= 0.3 is 12.3 Å². The minimum atomic E-state index is -4.71. The van der Waals surface area contributed by atoms with Crippen LogP contribution in [0.4, 0.5) is 28.0 Å². The lowest BCUT2D eigenvalue weighted by atomic mass is 10.0. The van der Waals surface area contributed by atoms with Crippen LogP contribution in [0.15, 0.2) is 12.1 Å². The monoisotopic (exact) mass is 470 g/mol. The molecule has 7 nitrogen and oxygen atoms in total. The normalized spacial score (nSPS) is 21.5. The zero-order valence-electron chi connectivity index (χ0n) is 15.4. The number of methoxy groups -OCH3 is 1. The van der Waals surface area contributed by atoms with Gasteiger partial charge in [0.1, 0.15) is 17.6 Å². The van der Waals surface area contributed by atoms with E-state index in [2.05, 4.69) is 4.74 Å². The number of nitrogens with zero attached hydrogens (tertiary/aromatic N) is 2. The highest BCUT2D eigenvalue weighted by Crippen LogP contribution is 2.38. The molecule has 2 saturated heterocycles. The second-order valence-corrected chi connectivity index (χ2v) is 7.25. The van der Waals surface area contributed by atoms with Gasteiger partial charge < -0.3 is 19.1 Å². The lowest BCUT2D eigenvalue weighted by Crippen LogP contribution is -2.48. The van der Waals surface area contributed by atoms with E-state index in [1.807, 2.05) is 0 Å². The Kier molecular flexibility index (Phi) is 6.27. The second kappa shape index (κ2) is 8.42. The van der Waals surface area contributed by atoms with Gasteiger partial charge in [-0.2, -0.15) is 13.2 Å². The average Bonchev–Trinajstić information content (AvgIpc) is 2.92. The Morgan fingerprint density at radius 1 is 1.33 bits per heavy atom. The molecule has 0 radical (unpaired) electrons. The Morgan fingerprint density at radius 3 is 2.67 bits per heavy atom. The molecule has 2 heterocycles. The van der Waals surface area contributed by atoms with Crippen LogP contribution in [0.2, 0.25) is 5.02 Å². The molecule has 1 aromatic rings. The molecule has 164 valence electrons. The smallest absolute Gasteiger partial charge is 0.495 e. The van der Waals surface area contributed by atoms with Gasteiger partial charge in [-0.25, -0.2) is 9.18 Å². The Bertz CT molecular complexity index is 884. The van der Waals surface area contributed by atoms with Crippen molar-refractivity contribution in [1.82, 2.24) is 4.90 Å². The van der Waals surface area contributed by atoms with Gasteiger partial charge in [-0.05, 0) is 31.1 Å². The maximum atomic E-state index is 14.5. The summed E-state index contributed by atoms with van der Waals surface area (Å²) in [5, 5.41) is -0.177. The number of amides is 1. The Morgan fingerprint density at radius 2 is 2.03 bits per heavy atom. The Labute approximate surface area is 178 Å². The molecule has 2 aliphatic heterocycles. The third-order valence-electron chi connectivity index (χ3n) is 4.54. The van der Waals surface area contributed by atoms with Crippen LogP contribution in [0.5, 0.6) is 5.75 Å². The zero-order valence-corrected chi connectivity index (χ0v) is 16.9. The molecule has 2 fully saturated rings. The van der Waals surface area contributed by atoms with Gasteiger partial charge in [-0.3, -0.25) is 9.69 Å². The molecule has 3 rings (SSSR count). The zero-order chi connectivity index (χ0) is 22.2. The quantitative estimate of drug-likeness (QED) is 0.374. The van der Waals surface area contributed by atoms with Crippen molar-refractivity contribution in [2.24, 2.45) is 0 Å². The van der Waals surface area contributed by atoms with Gasteiger partial charge in [0.05, 0.1) is 17.8 Å². The first-order valence-corrected chi connectivity index (χ1v) is 9.41. The summed E-state index contributed by atoms with van der Waals surface area (Å²) in [6, 6.07) is 1.30. The molecule has 0 bridgehead atoms. The summed E-state index contributed by atoms with van der Waals surface area (Å²) in [7, 11) is 1.31. The summed E-state index contributed by atoms with van der Waals surface area (Å²) in [4.78, 5) is 26.8. The standard InChI is InChI=1S/C17H15ClF4N2O5S/c1-27-12-6-11(9(19)5-8(12)18)24-14(25)10-3-2-4-13(23(10)15(24)30)29-16(26)28-7-17(20,21)22/h5-6,10,13H,2-4,7H2,1H3. The Balaban J connectivity index is 1.83. The third-order valence-corrected chi connectivity index (χ3v) is 5.23. The largest absolute Gasteiger partial charge is 0.510 e. The molecule has 0 spiro atoms. The van der Waals surface area contributed by atoms with Crippen molar-refractivity contribution in [1.29, 1.82) is 0 Å². The molecular weight excluding hydrogens is 456 g/mol. The number of alkyl halides is 3. The molecule has 2 aliphatic rings. The van der Waals surface area contributed by atoms with Gasteiger partial charge in [0.15, 0.2) is 17.9 Å². The first-order valence-electron chi connectivity index (χ1n) is 8.63. The predicted molar refractivity (Wildman–Crippen MR) is 99.8 cm³/mol. The van der Waals surface area contributed by atoms with E-state index in [1.54, 1.807) is 0 Å². The lowest BCUT2D eigenvalue weighted by molar-refractivity contribution is -0.170. The van der Waals surface area contributed by atoms with Crippen LogP contribution in [0.3, 0.4) is 0 Å². The van der Waals surface area contributed by atoms with E-state index in [0.717, 1.165) is 11.0 Å². The summed E-state index contributed by atoms with van der Waals surface area (Å²) in [6.07, 6.45) is -6.44. The fraction of sp³-hybridized carbons (Fsp3) is 0.471. The molecule has 13 heteroatoms. The van der Waals surface area contributed by atoms with E-state index in [9.17, 15) is 27.2 Å². The van der Waals surface area contributed by atoms with Crippen molar-refractivity contribution in [2.75, 3.05) is 18.6 Å². The number of benzene rings is 1. The first-order chi connectivity index (χ1) is 14.0. The van der Waals surface area contributed by atoms with E-state index in [0.29, 0.717) is 12.8 Å². The fourth-order valence-electron chi connectivity index (χ4n) is 3.29. The van der Waals surface area contributed by atoms with Crippen molar-refractivity contribution in [2.45, 2.75) is 37.7 Å². The van der Waals surface area contributed by atoms with Crippen molar-refractivity contribution < 1.29 is 41.4 Å². The van der Waals surface area contributed by atoms with Crippen molar-refractivity contribution >= 4 is 46.7 Å². The highest BCUT2D eigenvalue weighted by molar-refractivity contribution is 7.80. The fourth-order valence-corrected chi connectivity index (χ4v) is 3.95. The molecule has 2 unspecified atom stereocenters. The number of hydrogen-bond donors (Lipinski definition) is 0. The number of rotatable bonds is 4. The highest BCUT2D eigenvalue weighted by Gasteiger charge is 2.50. The van der Waals surface area contributed by atoms with Crippen LogP contribution in [0.25, 0.3) is 0 Å². The number of halogens is 5. The van der Waals surface area contributed by atoms with Crippen LogP contribution < -0.4 is 9.64 Å². The number of piperidine rings is 1. The summed E-state index contributed by atoms with van der Waals surface area (Å²) in [5.41, 5.74) is -0.209. The molecular formula is C17H15ClF4N2O5S. The number of hydrogen-bond acceptors (Lipinski definition) is 6. The number of anilines is 1. The number of carbonyl (C=O) groups is 2. The van der Waals surface area contributed by atoms with Crippen molar-refractivity contribution in [3.8, 4) is 5.75 Å². The number of thiocarbonyl (C=S) groups is 1. The van der Waals surface area contributed by atoms with Gasteiger partial charge in [0, 0.05) is 12.5 Å². The molecule has 0 aromatic heterocycles. The molecule has 0 N–H and O–H groups in total. The van der Waals surface area contributed by atoms with Crippen LogP contribution >= 0.6 is 23.8 Å². The topological polar surface area (TPSA) is 68.3 Å². The van der Waals surface area contributed by atoms with E-state index >= 15 is 0 Å². The maximum absolute atomic E-state index is 14.5. The van der Waals surface area contributed by atoms with Crippen LogP contribution in [-0.4, -0.2) is 54.2 Å². The average molecular weight is 471 g/mol. The van der Waals surface area contributed by atoms with E-state index in [-0.39, 0.29) is 28.0 Å². The summed E-state index contributed by atoms with van der Waals surface area (Å²) >= 11 is 11.2. The van der Waals surface area contributed by atoms with E-state index in [1.165, 1.54) is 18.1 Å². The summed E-state index contributed by atoms with van der Waals surface area (Å²) < 4.78 is 65.2.